The van der Waals surface area contributed by atoms with Crippen molar-refractivity contribution in [2.75, 3.05) is 6.54 Å². The highest BCUT2D eigenvalue weighted by atomic mass is 32.1. The van der Waals surface area contributed by atoms with Crippen LogP contribution in [0, 0.1) is 0 Å². The van der Waals surface area contributed by atoms with E-state index in [0.29, 0.717) is 19.5 Å². The van der Waals surface area contributed by atoms with Crippen molar-refractivity contribution >= 4 is 17.2 Å². The van der Waals surface area contributed by atoms with Crippen LogP contribution in [0.2, 0.25) is 0 Å². The van der Waals surface area contributed by atoms with E-state index < -0.39 is 0 Å². The zero-order valence-corrected chi connectivity index (χ0v) is 8.85. The number of hydrogen-bond donors (Lipinski definition) is 2. The molecule has 3 N–H and O–H groups in total. The minimum Gasteiger partial charge on any atom is -0.350 e. The van der Waals surface area contributed by atoms with Crippen LogP contribution in [-0.4, -0.2) is 17.4 Å². The average Bonchev–Trinajstić information content (AvgIpc) is 2.68. The molecule has 1 heterocycles. The van der Waals surface area contributed by atoms with Crippen molar-refractivity contribution < 1.29 is 4.79 Å². The van der Waals surface area contributed by atoms with Gasteiger partial charge < -0.3 is 11.1 Å². The lowest BCUT2D eigenvalue weighted by Crippen LogP contribution is -2.22. The van der Waals surface area contributed by atoms with E-state index in [-0.39, 0.29) is 5.91 Å². The molecule has 1 amide bonds. The number of unbranched alkanes of at least 4 members (excludes halogenated alkanes) is 1. The highest BCUT2D eigenvalue weighted by molar-refractivity contribution is 7.09. The summed E-state index contributed by atoms with van der Waals surface area (Å²) in [5.41, 5.74) is 5.33. The molecule has 0 fully saturated rings. The number of thiazole rings is 1. The number of amides is 1. The van der Waals surface area contributed by atoms with Crippen molar-refractivity contribution in [2.45, 2.75) is 25.8 Å². The Labute approximate surface area is 87.5 Å². The summed E-state index contributed by atoms with van der Waals surface area (Å²) < 4.78 is 0. The first-order valence-electron chi connectivity index (χ1n) is 4.68. The number of aromatic nitrogens is 1. The van der Waals surface area contributed by atoms with Gasteiger partial charge in [-0.1, -0.05) is 0 Å². The maximum atomic E-state index is 11.2. The third-order valence-corrected chi connectivity index (χ3v) is 2.56. The molecule has 0 radical (unpaired) electrons. The van der Waals surface area contributed by atoms with Crippen LogP contribution >= 0.6 is 11.3 Å². The van der Waals surface area contributed by atoms with Crippen molar-refractivity contribution in [3.8, 4) is 0 Å². The zero-order chi connectivity index (χ0) is 10.2. The second-order valence-corrected chi connectivity index (χ2v) is 3.93. The number of nitrogens with two attached hydrogens (primary N) is 1. The Bertz CT molecular complexity index is 261. The van der Waals surface area contributed by atoms with Crippen LogP contribution in [-0.2, 0) is 11.3 Å². The van der Waals surface area contributed by atoms with Crippen molar-refractivity contribution in [1.82, 2.24) is 10.3 Å². The van der Waals surface area contributed by atoms with E-state index in [4.69, 9.17) is 5.73 Å². The lowest BCUT2D eigenvalue weighted by molar-refractivity contribution is -0.121. The quantitative estimate of drug-likeness (QED) is 0.689. The third-order valence-electron chi connectivity index (χ3n) is 1.78. The Balaban J connectivity index is 2.09. The van der Waals surface area contributed by atoms with Crippen molar-refractivity contribution in [3.05, 3.63) is 16.6 Å². The van der Waals surface area contributed by atoms with Crippen LogP contribution < -0.4 is 11.1 Å². The normalized spacial score (nSPS) is 10.1. The molecule has 1 aromatic rings. The Morgan fingerprint density at radius 1 is 1.57 bits per heavy atom. The molecule has 0 atom stereocenters. The van der Waals surface area contributed by atoms with Crippen LogP contribution in [0.25, 0.3) is 0 Å². The maximum Gasteiger partial charge on any atom is 0.220 e. The van der Waals surface area contributed by atoms with Crippen LogP contribution in [0.5, 0.6) is 0 Å². The van der Waals surface area contributed by atoms with Gasteiger partial charge in [0, 0.05) is 18.0 Å². The summed E-state index contributed by atoms with van der Waals surface area (Å²) in [4.78, 5) is 15.3. The standard InChI is InChI=1S/C9H15N3OS/c10-4-2-1-3-8(13)12-7-9-11-5-6-14-9/h5-6H,1-4,7,10H2,(H,12,13). The number of hydrogen-bond acceptors (Lipinski definition) is 4. The Hall–Kier alpha value is -0.940. The lowest BCUT2D eigenvalue weighted by atomic mass is 10.2. The second kappa shape index (κ2) is 6.50. The highest BCUT2D eigenvalue weighted by Gasteiger charge is 2.01. The number of carbonyl (C=O) groups is 1. The largest absolute Gasteiger partial charge is 0.350 e. The summed E-state index contributed by atoms with van der Waals surface area (Å²) in [6, 6.07) is 0. The molecule has 0 bridgehead atoms. The van der Waals surface area contributed by atoms with Gasteiger partial charge in [-0.2, -0.15) is 0 Å². The van der Waals surface area contributed by atoms with E-state index in [2.05, 4.69) is 10.3 Å². The molecule has 0 saturated carbocycles. The van der Waals surface area contributed by atoms with Crippen LogP contribution in [0.4, 0.5) is 0 Å². The molecule has 4 nitrogen and oxygen atoms in total. The van der Waals surface area contributed by atoms with E-state index in [1.54, 1.807) is 17.5 Å². The predicted molar refractivity (Wildman–Crippen MR) is 56.9 cm³/mol. The first-order valence-corrected chi connectivity index (χ1v) is 5.56. The van der Waals surface area contributed by atoms with Crippen molar-refractivity contribution in [1.29, 1.82) is 0 Å². The van der Waals surface area contributed by atoms with Crippen LogP contribution in [0.15, 0.2) is 11.6 Å². The molecule has 0 aliphatic rings. The maximum absolute atomic E-state index is 11.2. The third kappa shape index (κ3) is 4.34. The number of nitrogens with one attached hydrogen (secondary N) is 1. The molecule has 1 rings (SSSR count). The average molecular weight is 213 g/mol. The van der Waals surface area contributed by atoms with E-state index in [9.17, 15) is 4.79 Å². The van der Waals surface area contributed by atoms with Gasteiger partial charge in [0.25, 0.3) is 0 Å². The molecule has 0 spiro atoms. The minimum absolute atomic E-state index is 0.0775. The summed E-state index contributed by atoms with van der Waals surface area (Å²) >= 11 is 1.55. The van der Waals surface area contributed by atoms with Gasteiger partial charge in [-0.05, 0) is 19.4 Å². The number of carbonyl (C=O) groups excluding carboxylic acids is 1. The van der Waals surface area contributed by atoms with Crippen LogP contribution in [0.3, 0.4) is 0 Å². The Morgan fingerprint density at radius 2 is 2.43 bits per heavy atom. The van der Waals surface area contributed by atoms with Gasteiger partial charge in [0.1, 0.15) is 5.01 Å². The van der Waals surface area contributed by atoms with E-state index >= 15 is 0 Å². The molecular weight excluding hydrogens is 198 g/mol. The second-order valence-electron chi connectivity index (χ2n) is 2.95. The van der Waals surface area contributed by atoms with Gasteiger partial charge >= 0.3 is 0 Å². The van der Waals surface area contributed by atoms with E-state index in [1.165, 1.54) is 0 Å². The molecule has 5 heteroatoms. The molecule has 0 aliphatic heterocycles. The van der Waals surface area contributed by atoms with Gasteiger partial charge in [0.2, 0.25) is 5.91 Å². The summed E-state index contributed by atoms with van der Waals surface area (Å²) in [5.74, 6) is 0.0775. The molecule has 0 aromatic carbocycles. The number of nitrogens with zero attached hydrogens (tertiary/aromatic N) is 1. The van der Waals surface area contributed by atoms with Gasteiger partial charge in [-0.15, -0.1) is 11.3 Å². The highest BCUT2D eigenvalue weighted by Crippen LogP contribution is 2.03. The van der Waals surface area contributed by atoms with E-state index in [1.807, 2.05) is 5.38 Å². The first-order chi connectivity index (χ1) is 6.83. The van der Waals surface area contributed by atoms with Crippen molar-refractivity contribution in [2.24, 2.45) is 5.73 Å². The molecule has 14 heavy (non-hydrogen) atoms. The Kier molecular flexibility index (Phi) is 5.17. The topological polar surface area (TPSA) is 68.0 Å². The number of rotatable bonds is 6. The molecular formula is C9H15N3OS. The molecule has 0 saturated heterocycles. The SMILES string of the molecule is NCCCCC(=O)NCc1nccs1. The molecule has 78 valence electrons. The molecule has 1 aromatic heterocycles. The van der Waals surface area contributed by atoms with Crippen molar-refractivity contribution in [3.63, 3.8) is 0 Å². The lowest BCUT2D eigenvalue weighted by Gasteiger charge is -2.01. The summed E-state index contributed by atoms with van der Waals surface area (Å²) in [7, 11) is 0. The van der Waals surface area contributed by atoms with Crippen LogP contribution in [0.1, 0.15) is 24.3 Å². The fourth-order valence-corrected chi connectivity index (χ4v) is 1.59. The first kappa shape index (κ1) is 11.1. The summed E-state index contributed by atoms with van der Waals surface area (Å²) in [6.45, 7) is 1.19. The fourth-order valence-electron chi connectivity index (χ4n) is 1.03. The monoisotopic (exact) mass is 213 g/mol. The minimum atomic E-state index is 0.0775. The summed E-state index contributed by atoms with van der Waals surface area (Å²) in [5, 5.41) is 5.65. The molecule has 0 aliphatic carbocycles. The van der Waals surface area contributed by atoms with Gasteiger partial charge in [-0.25, -0.2) is 4.98 Å². The summed E-state index contributed by atoms with van der Waals surface area (Å²) in [6.07, 6.45) is 4.06. The Morgan fingerprint density at radius 3 is 3.07 bits per heavy atom. The fraction of sp³-hybridized carbons (Fsp3) is 0.556. The van der Waals surface area contributed by atoms with Gasteiger partial charge in [0.05, 0.1) is 6.54 Å². The smallest absolute Gasteiger partial charge is 0.220 e. The van der Waals surface area contributed by atoms with E-state index in [0.717, 1.165) is 17.8 Å². The predicted octanol–water partition coefficient (Wildman–Crippen LogP) is 0.888. The zero-order valence-electron chi connectivity index (χ0n) is 8.03. The van der Waals surface area contributed by atoms with Gasteiger partial charge in [0.15, 0.2) is 0 Å². The van der Waals surface area contributed by atoms with Gasteiger partial charge in [-0.3, -0.25) is 4.79 Å². The molecule has 0 unspecified atom stereocenters.